The van der Waals surface area contributed by atoms with Crippen LogP contribution in [-0.4, -0.2) is 62.7 Å². The molecule has 2 aliphatic rings. The molecule has 1 aromatic carbocycles. The number of hydrogen-bond donors (Lipinski definition) is 0. The zero-order valence-electron chi connectivity index (χ0n) is 12.9. The molecule has 2 aliphatic heterocycles. The Labute approximate surface area is 135 Å². The third-order valence-corrected chi connectivity index (χ3v) is 6.14. The fraction of sp³-hybridized carbons (Fsp3) is 0.467. The predicted octanol–water partition coefficient (Wildman–Crippen LogP) is 0.276. The molecule has 0 unspecified atom stereocenters. The summed E-state index contributed by atoms with van der Waals surface area (Å²) in [4.78, 5) is 26.8. The van der Waals surface area contributed by atoms with E-state index in [0.717, 1.165) is 6.42 Å². The number of piperazine rings is 1. The van der Waals surface area contributed by atoms with Crippen LogP contribution in [0.1, 0.15) is 12.8 Å². The van der Waals surface area contributed by atoms with Crippen molar-refractivity contribution in [3.8, 4) is 0 Å². The van der Waals surface area contributed by atoms with Crippen LogP contribution in [0, 0.1) is 0 Å². The van der Waals surface area contributed by atoms with Gasteiger partial charge < -0.3 is 9.80 Å². The maximum absolute atomic E-state index is 12.6. The molecule has 23 heavy (non-hydrogen) atoms. The van der Waals surface area contributed by atoms with E-state index in [4.69, 9.17) is 0 Å². The van der Waals surface area contributed by atoms with Gasteiger partial charge in [-0.3, -0.25) is 9.59 Å². The molecule has 2 saturated heterocycles. The van der Waals surface area contributed by atoms with Crippen LogP contribution < -0.4 is 4.90 Å². The lowest BCUT2D eigenvalue weighted by molar-refractivity contribution is -0.132. The van der Waals surface area contributed by atoms with Crippen molar-refractivity contribution in [3.05, 3.63) is 24.3 Å². The van der Waals surface area contributed by atoms with Crippen molar-refractivity contribution in [1.29, 1.82) is 0 Å². The van der Waals surface area contributed by atoms with Crippen molar-refractivity contribution in [2.45, 2.75) is 17.7 Å². The third kappa shape index (κ3) is 2.96. The summed E-state index contributed by atoms with van der Waals surface area (Å²) in [5.74, 6) is -0.149. The van der Waals surface area contributed by atoms with Crippen LogP contribution in [0.3, 0.4) is 0 Å². The Morgan fingerprint density at radius 2 is 1.65 bits per heavy atom. The van der Waals surface area contributed by atoms with Crippen molar-refractivity contribution >= 4 is 27.5 Å². The van der Waals surface area contributed by atoms with Gasteiger partial charge in [-0.15, -0.1) is 0 Å². The second kappa shape index (κ2) is 5.93. The van der Waals surface area contributed by atoms with Crippen LogP contribution in [0.25, 0.3) is 0 Å². The Kier molecular flexibility index (Phi) is 4.11. The van der Waals surface area contributed by atoms with E-state index in [1.54, 1.807) is 24.1 Å². The van der Waals surface area contributed by atoms with E-state index < -0.39 is 10.0 Å². The van der Waals surface area contributed by atoms with E-state index in [9.17, 15) is 18.0 Å². The van der Waals surface area contributed by atoms with E-state index in [1.807, 2.05) is 0 Å². The van der Waals surface area contributed by atoms with Gasteiger partial charge >= 0.3 is 0 Å². The molecular weight excluding hydrogens is 318 g/mol. The summed E-state index contributed by atoms with van der Waals surface area (Å²) in [5.41, 5.74) is 0.709. The maximum Gasteiger partial charge on any atom is 0.243 e. The minimum atomic E-state index is -3.69. The van der Waals surface area contributed by atoms with Gasteiger partial charge in [-0.2, -0.15) is 4.31 Å². The minimum absolute atomic E-state index is 0.0604. The molecule has 7 nitrogen and oxygen atoms in total. The third-order valence-electron chi connectivity index (χ3n) is 4.28. The molecule has 2 amide bonds. The number of sulfonamides is 1. The largest absolute Gasteiger partial charge is 0.343 e. The Bertz CT molecular complexity index is 730. The standard InChI is InChI=1S/C15H19N3O4S/c1-16-9-10-17(11-15(16)20)23(21,22)13-6-4-12(5-7-13)18-8-2-3-14(18)19/h4-7H,2-3,8-11H2,1H3. The van der Waals surface area contributed by atoms with Gasteiger partial charge in [0.25, 0.3) is 0 Å². The van der Waals surface area contributed by atoms with E-state index >= 15 is 0 Å². The first-order chi connectivity index (χ1) is 10.9. The van der Waals surface area contributed by atoms with Gasteiger partial charge in [-0.05, 0) is 30.7 Å². The number of anilines is 1. The zero-order chi connectivity index (χ0) is 16.6. The molecule has 1 aromatic rings. The number of amides is 2. The summed E-state index contributed by atoms with van der Waals surface area (Å²) >= 11 is 0. The molecule has 124 valence electrons. The first kappa shape index (κ1) is 15.9. The second-order valence-corrected chi connectivity index (χ2v) is 7.73. The summed E-state index contributed by atoms with van der Waals surface area (Å²) in [6.45, 7) is 1.21. The number of benzene rings is 1. The van der Waals surface area contributed by atoms with E-state index in [2.05, 4.69) is 0 Å². The zero-order valence-corrected chi connectivity index (χ0v) is 13.8. The van der Waals surface area contributed by atoms with Crippen LogP contribution in [0.2, 0.25) is 0 Å². The van der Waals surface area contributed by atoms with E-state index in [1.165, 1.54) is 21.3 Å². The molecule has 0 aliphatic carbocycles. The molecule has 2 fully saturated rings. The van der Waals surface area contributed by atoms with Gasteiger partial charge in [0.1, 0.15) is 0 Å². The molecule has 8 heteroatoms. The Morgan fingerprint density at radius 1 is 0.957 bits per heavy atom. The minimum Gasteiger partial charge on any atom is -0.343 e. The maximum atomic E-state index is 12.6. The van der Waals surface area contributed by atoms with Crippen LogP contribution in [-0.2, 0) is 19.6 Å². The van der Waals surface area contributed by atoms with Crippen molar-refractivity contribution < 1.29 is 18.0 Å². The highest BCUT2D eigenvalue weighted by Gasteiger charge is 2.31. The van der Waals surface area contributed by atoms with Crippen LogP contribution >= 0.6 is 0 Å². The number of nitrogens with zero attached hydrogens (tertiary/aromatic N) is 3. The molecule has 0 spiro atoms. The lowest BCUT2D eigenvalue weighted by Gasteiger charge is -2.31. The summed E-state index contributed by atoms with van der Waals surface area (Å²) in [7, 11) is -2.03. The van der Waals surface area contributed by atoms with E-state index in [0.29, 0.717) is 25.2 Å². The molecule has 0 aromatic heterocycles. The average molecular weight is 337 g/mol. The molecular formula is C15H19N3O4S. The van der Waals surface area contributed by atoms with Gasteiger partial charge in [-0.1, -0.05) is 0 Å². The van der Waals surface area contributed by atoms with E-state index in [-0.39, 0.29) is 29.8 Å². The fourth-order valence-corrected chi connectivity index (χ4v) is 4.19. The highest BCUT2D eigenvalue weighted by atomic mass is 32.2. The Morgan fingerprint density at radius 3 is 2.22 bits per heavy atom. The fourth-order valence-electron chi connectivity index (χ4n) is 2.81. The normalized spacial score (nSPS) is 20.4. The van der Waals surface area contributed by atoms with Gasteiger partial charge in [0.2, 0.25) is 21.8 Å². The summed E-state index contributed by atoms with van der Waals surface area (Å²) in [5, 5.41) is 0. The highest BCUT2D eigenvalue weighted by Crippen LogP contribution is 2.24. The molecule has 3 rings (SSSR count). The number of likely N-dealkylation sites (N-methyl/N-ethyl adjacent to an activating group) is 1. The van der Waals surface area contributed by atoms with Crippen LogP contribution in [0.4, 0.5) is 5.69 Å². The molecule has 0 saturated carbocycles. The Balaban J connectivity index is 1.81. The molecule has 2 heterocycles. The van der Waals surface area contributed by atoms with Gasteiger partial charge in [-0.25, -0.2) is 8.42 Å². The van der Waals surface area contributed by atoms with Crippen molar-refractivity contribution in [2.75, 3.05) is 38.1 Å². The molecule has 0 bridgehead atoms. The predicted molar refractivity (Wildman–Crippen MR) is 84.4 cm³/mol. The number of carbonyl (C=O) groups is 2. The summed E-state index contributed by atoms with van der Waals surface area (Å²) < 4.78 is 26.4. The summed E-state index contributed by atoms with van der Waals surface area (Å²) in [6.07, 6.45) is 1.35. The van der Waals surface area contributed by atoms with Crippen LogP contribution in [0.15, 0.2) is 29.2 Å². The highest BCUT2D eigenvalue weighted by molar-refractivity contribution is 7.89. The smallest absolute Gasteiger partial charge is 0.243 e. The van der Waals surface area contributed by atoms with Gasteiger partial charge in [0, 0.05) is 38.8 Å². The lowest BCUT2D eigenvalue weighted by Crippen LogP contribution is -2.50. The summed E-state index contributed by atoms with van der Waals surface area (Å²) in [6, 6.07) is 6.29. The quantitative estimate of drug-likeness (QED) is 0.793. The van der Waals surface area contributed by atoms with Crippen molar-refractivity contribution in [1.82, 2.24) is 9.21 Å². The SMILES string of the molecule is CN1CCN(S(=O)(=O)c2ccc(N3CCCC3=O)cc2)CC1=O. The lowest BCUT2D eigenvalue weighted by atomic mass is 10.3. The molecule has 0 atom stereocenters. The number of hydrogen-bond acceptors (Lipinski definition) is 4. The molecule has 0 N–H and O–H groups in total. The van der Waals surface area contributed by atoms with Crippen molar-refractivity contribution in [3.63, 3.8) is 0 Å². The van der Waals surface area contributed by atoms with Gasteiger partial charge in [0.05, 0.1) is 11.4 Å². The topological polar surface area (TPSA) is 78.0 Å². The van der Waals surface area contributed by atoms with Gasteiger partial charge in [0.15, 0.2) is 0 Å². The number of carbonyl (C=O) groups excluding carboxylic acids is 2. The Hall–Kier alpha value is -1.93. The number of rotatable bonds is 3. The van der Waals surface area contributed by atoms with Crippen molar-refractivity contribution in [2.24, 2.45) is 0 Å². The average Bonchev–Trinajstić information content (AvgIpc) is 2.96. The first-order valence-corrected chi connectivity index (χ1v) is 8.98. The molecule has 0 radical (unpaired) electrons. The monoisotopic (exact) mass is 337 g/mol. The second-order valence-electron chi connectivity index (χ2n) is 5.80. The first-order valence-electron chi connectivity index (χ1n) is 7.54. The van der Waals surface area contributed by atoms with Crippen LogP contribution in [0.5, 0.6) is 0 Å².